The van der Waals surface area contributed by atoms with Gasteiger partial charge in [-0.15, -0.1) is 0 Å². The molecule has 0 aliphatic heterocycles. The molecule has 0 heterocycles. The highest BCUT2D eigenvalue weighted by Crippen LogP contribution is 2.39. The van der Waals surface area contributed by atoms with Crippen LogP contribution in [-0.4, -0.2) is 17.0 Å². The fourth-order valence-electron chi connectivity index (χ4n) is 1.71. The Morgan fingerprint density at radius 3 is 2.71 bits per heavy atom. The minimum Gasteiger partial charge on any atom is -0.481 e. The summed E-state index contributed by atoms with van der Waals surface area (Å²) < 4.78 is 0.879. The Labute approximate surface area is 107 Å². The summed E-state index contributed by atoms with van der Waals surface area (Å²) in [6.45, 7) is 1.89. The van der Waals surface area contributed by atoms with Gasteiger partial charge in [-0.05, 0) is 31.0 Å². The number of rotatable bonds is 3. The van der Waals surface area contributed by atoms with Gasteiger partial charge < -0.3 is 10.4 Å². The maximum absolute atomic E-state index is 11.8. The highest BCUT2D eigenvalue weighted by Gasteiger charge is 2.48. The third-order valence-corrected chi connectivity index (χ3v) is 3.40. The van der Waals surface area contributed by atoms with Gasteiger partial charge in [0, 0.05) is 10.2 Å². The molecular weight excluding hydrogens is 286 g/mol. The van der Waals surface area contributed by atoms with Crippen molar-refractivity contribution in [3.05, 3.63) is 28.2 Å². The molecule has 1 aromatic rings. The number of nitrogens with one attached hydrogen (secondary N) is 1. The first-order valence-corrected chi connectivity index (χ1v) is 6.08. The SMILES string of the molecule is Cc1ccc(Br)cc1NC(=O)C1CC1C(=O)O. The molecule has 1 amide bonds. The molecule has 1 aliphatic carbocycles. The van der Waals surface area contributed by atoms with Gasteiger partial charge in [-0.1, -0.05) is 22.0 Å². The summed E-state index contributed by atoms with van der Waals surface area (Å²) in [7, 11) is 0. The van der Waals surface area contributed by atoms with E-state index in [-0.39, 0.29) is 11.8 Å². The van der Waals surface area contributed by atoms with Crippen molar-refractivity contribution in [2.75, 3.05) is 5.32 Å². The number of halogens is 1. The van der Waals surface area contributed by atoms with E-state index in [0.29, 0.717) is 6.42 Å². The number of anilines is 1. The van der Waals surface area contributed by atoms with Crippen LogP contribution in [0.5, 0.6) is 0 Å². The number of hydrogen-bond donors (Lipinski definition) is 2. The number of hydrogen-bond acceptors (Lipinski definition) is 2. The molecule has 1 fully saturated rings. The van der Waals surface area contributed by atoms with Crippen molar-refractivity contribution in [1.82, 2.24) is 0 Å². The van der Waals surface area contributed by atoms with Crippen LogP contribution in [0.25, 0.3) is 0 Å². The predicted octanol–water partition coefficient (Wildman–Crippen LogP) is 2.42. The molecule has 0 spiro atoms. The van der Waals surface area contributed by atoms with Crippen molar-refractivity contribution in [3.63, 3.8) is 0 Å². The van der Waals surface area contributed by atoms with E-state index in [2.05, 4.69) is 21.2 Å². The minimum absolute atomic E-state index is 0.210. The Kier molecular flexibility index (Phi) is 3.19. The molecule has 90 valence electrons. The molecule has 2 atom stereocenters. The normalized spacial score (nSPS) is 22.0. The van der Waals surface area contributed by atoms with E-state index in [4.69, 9.17) is 5.11 Å². The van der Waals surface area contributed by atoms with Crippen molar-refractivity contribution in [3.8, 4) is 0 Å². The monoisotopic (exact) mass is 297 g/mol. The zero-order chi connectivity index (χ0) is 12.6. The first-order chi connectivity index (χ1) is 7.99. The van der Waals surface area contributed by atoms with Crippen molar-refractivity contribution in [1.29, 1.82) is 0 Å². The van der Waals surface area contributed by atoms with E-state index in [0.717, 1.165) is 15.7 Å². The van der Waals surface area contributed by atoms with E-state index in [1.54, 1.807) is 0 Å². The fraction of sp³-hybridized carbons (Fsp3) is 0.333. The van der Waals surface area contributed by atoms with Gasteiger partial charge in [-0.2, -0.15) is 0 Å². The van der Waals surface area contributed by atoms with Gasteiger partial charge in [-0.3, -0.25) is 9.59 Å². The molecule has 2 N–H and O–H groups in total. The second-order valence-electron chi connectivity index (χ2n) is 4.24. The summed E-state index contributed by atoms with van der Waals surface area (Å²) in [4.78, 5) is 22.4. The molecule has 0 bridgehead atoms. The average molecular weight is 298 g/mol. The van der Waals surface area contributed by atoms with Crippen LogP contribution in [-0.2, 0) is 9.59 Å². The number of aliphatic carboxylic acids is 1. The fourth-order valence-corrected chi connectivity index (χ4v) is 2.07. The minimum atomic E-state index is -0.892. The van der Waals surface area contributed by atoms with E-state index in [1.807, 2.05) is 25.1 Å². The quantitative estimate of drug-likeness (QED) is 0.900. The van der Waals surface area contributed by atoms with Crippen molar-refractivity contribution >= 4 is 33.5 Å². The molecule has 0 saturated heterocycles. The summed E-state index contributed by atoms with van der Waals surface area (Å²) in [5, 5.41) is 11.5. The van der Waals surface area contributed by atoms with Crippen LogP contribution in [0, 0.1) is 18.8 Å². The molecule has 1 saturated carbocycles. The van der Waals surface area contributed by atoms with Gasteiger partial charge in [0.25, 0.3) is 0 Å². The summed E-state index contributed by atoms with van der Waals surface area (Å²) >= 11 is 3.33. The Hall–Kier alpha value is -1.36. The predicted molar refractivity (Wildman–Crippen MR) is 66.7 cm³/mol. The molecule has 1 aliphatic rings. The molecule has 4 nitrogen and oxygen atoms in total. The zero-order valence-electron chi connectivity index (χ0n) is 9.24. The smallest absolute Gasteiger partial charge is 0.307 e. The van der Waals surface area contributed by atoms with Crippen LogP contribution in [0.2, 0.25) is 0 Å². The highest BCUT2D eigenvalue weighted by atomic mass is 79.9. The van der Waals surface area contributed by atoms with Crippen LogP contribution in [0.15, 0.2) is 22.7 Å². The number of carbonyl (C=O) groups excluding carboxylic acids is 1. The van der Waals surface area contributed by atoms with Crippen LogP contribution < -0.4 is 5.32 Å². The van der Waals surface area contributed by atoms with Crippen LogP contribution in [0.3, 0.4) is 0 Å². The second-order valence-corrected chi connectivity index (χ2v) is 5.15. The lowest BCUT2D eigenvalue weighted by molar-refractivity contribution is -0.139. The molecular formula is C12H12BrNO3. The summed E-state index contributed by atoms with van der Waals surface area (Å²) in [6, 6.07) is 5.59. The zero-order valence-corrected chi connectivity index (χ0v) is 10.8. The van der Waals surface area contributed by atoms with Crippen molar-refractivity contribution < 1.29 is 14.7 Å². The van der Waals surface area contributed by atoms with Gasteiger partial charge in [0.1, 0.15) is 0 Å². The summed E-state index contributed by atoms with van der Waals surface area (Å²) in [5.41, 5.74) is 1.68. The Morgan fingerprint density at radius 1 is 1.41 bits per heavy atom. The van der Waals surface area contributed by atoms with E-state index < -0.39 is 11.9 Å². The van der Waals surface area contributed by atoms with E-state index in [9.17, 15) is 9.59 Å². The summed E-state index contributed by atoms with van der Waals surface area (Å²) in [5.74, 6) is -2.00. The largest absolute Gasteiger partial charge is 0.481 e. The van der Waals surface area contributed by atoms with Crippen molar-refractivity contribution in [2.45, 2.75) is 13.3 Å². The third kappa shape index (κ3) is 2.66. The number of carboxylic acids is 1. The van der Waals surface area contributed by atoms with Crippen LogP contribution in [0.4, 0.5) is 5.69 Å². The topological polar surface area (TPSA) is 66.4 Å². The molecule has 0 aromatic heterocycles. The first-order valence-electron chi connectivity index (χ1n) is 5.29. The third-order valence-electron chi connectivity index (χ3n) is 2.90. The van der Waals surface area contributed by atoms with Crippen LogP contribution >= 0.6 is 15.9 Å². The highest BCUT2D eigenvalue weighted by molar-refractivity contribution is 9.10. The van der Waals surface area contributed by atoms with Gasteiger partial charge in [0.15, 0.2) is 0 Å². The standard InChI is InChI=1S/C12H12BrNO3/c1-6-2-3-7(13)4-10(6)14-11(15)8-5-9(8)12(16)17/h2-4,8-9H,5H2,1H3,(H,14,15)(H,16,17). The van der Waals surface area contributed by atoms with Gasteiger partial charge in [-0.25, -0.2) is 0 Å². The Balaban J connectivity index is 2.04. The first kappa shape index (κ1) is 12.1. The van der Waals surface area contributed by atoms with Gasteiger partial charge in [0.2, 0.25) is 5.91 Å². The van der Waals surface area contributed by atoms with Crippen molar-refractivity contribution in [2.24, 2.45) is 11.8 Å². The molecule has 2 rings (SSSR count). The Morgan fingerprint density at radius 2 is 2.12 bits per heavy atom. The second kappa shape index (κ2) is 4.49. The van der Waals surface area contributed by atoms with Gasteiger partial charge in [0.05, 0.1) is 11.8 Å². The van der Waals surface area contributed by atoms with Crippen LogP contribution in [0.1, 0.15) is 12.0 Å². The average Bonchev–Trinajstić information content (AvgIpc) is 3.03. The van der Waals surface area contributed by atoms with Gasteiger partial charge >= 0.3 is 5.97 Å². The maximum atomic E-state index is 11.8. The Bertz CT molecular complexity index is 487. The number of carbonyl (C=O) groups is 2. The molecule has 1 aromatic carbocycles. The molecule has 2 unspecified atom stereocenters. The summed E-state index contributed by atoms with van der Waals surface area (Å²) in [6.07, 6.45) is 0.439. The maximum Gasteiger partial charge on any atom is 0.307 e. The number of amides is 1. The number of aryl methyl sites for hydroxylation is 1. The lowest BCUT2D eigenvalue weighted by atomic mass is 10.2. The van der Waals surface area contributed by atoms with E-state index in [1.165, 1.54) is 0 Å². The molecule has 5 heteroatoms. The molecule has 17 heavy (non-hydrogen) atoms. The van der Waals surface area contributed by atoms with E-state index >= 15 is 0 Å². The lowest BCUT2D eigenvalue weighted by Crippen LogP contribution is -2.17. The lowest BCUT2D eigenvalue weighted by Gasteiger charge is -2.08. The number of carboxylic acid groups (broad SMARTS) is 1. The molecule has 0 radical (unpaired) electrons. The number of benzene rings is 1.